The smallest absolute Gasteiger partial charge is 0.151 e. The Bertz CT molecular complexity index is 528. The molecule has 0 aromatic heterocycles. The molecule has 1 aromatic carbocycles. The van der Waals surface area contributed by atoms with E-state index in [9.17, 15) is 8.42 Å². The van der Waals surface area contributed by atoms with Crippen LogP contribution < -0.4 is 5.32 Å². The highest BCUT2D eigenvalue weighted by molar-refractivity contribution is 7.91. The third-order valence-electron chi connectivity index (χ3n) is 3.28. The van der Waals surface area contributed by atoms with Crippen molar-refractivity contribution in [3.05, 3.63) is 34.3 Å². The number of hydrogen-bond acceptors (Lipinski definition) is 3. The van der Waals surface area contributed by atoms with Crippen molar-refractivity contribution in [1.29, 1.82) is 0 Å². The summed E-state index contributed by atoms with van der Waals surface area (Å²) >= 11 is 5.97. The van der Waals surface area contributed by atoms with Crippen molar-refractivity contribution in [2.24, 2.45) is 0 Å². The predicted molar refractivity (Wildman–Crippen MR) is 74.7 cm³/mol. The topological polar surface area (TPSA) is 46.2 Å². The van der Waals surface area contributed by atoms with Crippen LogP contribution in [0.3, 0.4) is 0 Å². The zero-order chi connectivity index (χ0) is 13.2. The second-order valence-corrected chi connectivity index (χ2v) is 7.55. The second-order valence-electron chi connectivity index (χ2n) is 4.92. The maximum atomic E-state index is 11.5. The van der Waals surface area contributed by atoms with E-state index in [0.717, 1.165) is 29.0 Å². The molecule has 0 saturated carbocycles. The van der Waals surface area contributed by atoms with Crippen molar-refractivity contribution in [1.82, 2.24) is 5.32 Å². The summed E-state index contributed by atoms with van der Waals surface area (Å²) in [5, 5.41) is 4.08. The van der Waals surface area contributed by atoms with E-state index >= 15 is 0 Å². The molecule has 100 valence electrons. The first-order valence-corrected chi connectivity index (χ1v) is 8.35. The summed E-state index contributed by atoms with van der Waals surface area (Å²) in [4.78, 5) is 0. The SMILES string of the molecule is Cc1cc(CN[C@@H]2CCCS(=O)(=O)C2)ccc1Cl. The highest BCUT2D eigenvalue weighted by atomic mass is 35.5. The van der Waals surface area contributed by atoms with E-state index in [1.807, 2.05) is 25.1 Å². The summed E-state index contributed by atoms with van der Waals surface area (Å²) in [6.07, 6.45) is 1.70. The molecule has 0 amide bonds. The Kier molecular flexibility index (Phi) is 4.30. The van der Waals surface area contributed by atoms with Crippen LogP contribution in [0.5, 0.6) is 0 Å². The van der Waals surface area contributed by atoms with Crippen LogP contribution in [0, 0.1) is 6.92 Å². The molecule has 1 aliphatic rings. The van der Waals surface area contributed by atoms with Crippen LogP contribution in [0.15, 0.2) is 18.2 Å². The molecule has 1 fully saturated rings. The molecule has 1 N–H and O–H groups in total. The zero-order valence-electron chi connectivity index (χ0n) is 10.4. The first-order chi connectivity index (χ1) is 8.46. The molecule has 0 unspecified atom stereocenters. The minimum absolute atomic E-state index is 0.0831. The fourth-order valence-electron chi connectivity index (χ4n) is 2.26. The van der Waals surface area contributed by atoms with Gasteiger partial charge in [0.25, 0.3) is 0 Å². The van der Waals surface area contributed by atoms with Gasteiger partial charge in [0.05, 0.1) is 11.5 Å². The number of halogens is 1. The van der Waals surface area contributed by atoms with Crippen molar-refractivity contribution in [3.63, 3.8) is 0 Å². The fourth-order valence-corrected chi connectivity index (χ4v) is 4.05. The Balaban J connectivity index is 1.93. The maximum Gasteiger partial charge on any atom is 0.151 e. The van der Waals surface area contributed by atoms with Crippen molar-refractivity contribution in [2.45, 2.75) is 32.4 Å². The molecular weight excluding hydrogens is 270 g/mol. The van der Waals surface area contributed by atoms with Gasteiger partial charge in [-0.1, -0.05) is 23.7 Å². The first-order valence-electron chi connectivity index (χ1n) is 6.15. The van der Waals surface area contributed by atoms with Crippen LogP contribution in [-0.4, -0.2) is 26.0 Å². The molecule has 1 atom stereocenters. The molecule has 0 aliphatic carbocycles. The van der Waals surface area contributed by atoms with Gasteiger partial charge in [-0.2, -0.15) is 0 Å². The molecule has 0 radical (unpaired) electrons. The Hall–Kier alpha value is -0.580. The highest BCUT2D eigenvalue weighted by Crippen LogP contribution is 2.17. The number of hydrogen-bond donors (Lipinski definition) is 1. The maximum absolute atomic E-state index is 11.5. The lowest BCUT2D eigenvalue weighted by Crippen LogP contribution is -2.39. The van der Waals surface area contributed by atoms with Crippen molar-refractivity contribution in [3.8, 4) is 0 Å². The highest BCUT2D eigenvalue weighted by Gasteiger charge is 2.24. The van der Waals surface area contributed by atoms with Gasteiger partial charge in [0.15, 0.2) is 9.84 Å². The van der Waals surface area contributed by atoms with Crippen LogP contribution in [0.1, 0.15) is 24.0 Å². The molecule has 18 heavy (non-hydrogen) atoms. The largest absolute Gasteiger partial charge is 0.309 e. The van der Waals surface area contributed by atoms with Gasteiger partial charge in [-0.05, 0) is 37.0 Å². The second kappa shape index (κ2) is 5.59. The Morgan fingerprint density at radius 2 is 2.22 bits per heavy atom. The Morgan fingerprint density at radius 1 is 1.44 bits per heavy atom. The molecule has 0 spiro atoms. The minimum Gasteiger partial charge on any atom is -0.309 e. The lowest BCUT2D eigenvalue weighted by atomic mass is 10.1. The predicted octanol–water partition coefficient (Wildman–Crippen LogP) is 2.32. The normalized spacial score (nSPS) is 22.9. The lowest BCUT2D eigenvalue weighted by molar-refractivity contribution is 0.480. The monoisotopic (exact) mass is 287 g/mol. The van der Waals surface area contributed by atoms with Crippen LogP contribution >= 0.6 is 11.6 Å². The standard InChI is InChI=1S/C13H18ClNO2S/c1-10-7-11(4-5-13(10)14)8-15-12-3-2-6-18(16,17)9-12/h4-5,7,12,15H,2-3,6,8-9H2,1H3/t12-/m1/s1. The van der Waals surface area contributed by atoms with Gasteiger partial charge < -0.3 is 5.32 Å². The summed E-state index contributed by atoms with van der Waals surface area (Å²) in [6, 6.07) is 5.97. The van der Waals surface area contributed by atoms with Crippen molar-refractivity contribution >= 4 is 21.4 Å². The van der Waals surface area contributed by atoms with Crippen LogP contribution in [0.4, 0.5) is 0 Å². The molecule has 1 heterocycles. The number of sulfone groups is 1. The van der Waals surface area contributed by atoms with E-state index in [4.69, 9.17) is 11.6 Å². The molecule has 5 heteroatoms. The van der Waals surface area contributed by atoms with Gasteiger partial charge in [-0.15, -0.1) is 0 Å². The fraction of sp³-hybridized carbons (Fsp3) is 0.538. The molecular formula is C13H18ClNO2S. The number of benzene rings is 1. The summed E-state index contributed by atoms with van der Waals surface area (Å²) in [7, 11) is -2.83. The summed E-state index contributed by atoms with van der Waals surface area (Å²) < 4.78 is 23.0. The molecule has 2 rings (SSSR count). The molecule has 1 aliphatic heterocycles. The molecule has 3 nitrogen and oxygen atoms in total. The van der Waals surface area contributed by atoms with Crippen LogP contribution in [0.2, 0.25) is 5.02 Å². The van der Waals surface area contributed by atoms with E-state index in [0.29, 0.717) is 12.3 Å². The van der Waals surface area contributed by atoms with Gasteiger partial charge in [0.1, 0.15) is 0 Å². The van der Waals surface area contributed by atoms with Gasteiger partial charge in [0.2, 0.25) is 0 Å². The average molecular weight is 288 g/mol. The molecule has 1 saturated heterocycles. The Morgan fingerprint density at radius 3 is 2.89 bits per heavy atom. The third-order valence-corrected chi connectivity index (χ3v) is 5.53. The van der Waals surface area contributed by atoms with Crippen LogP contribution in [0.25, 0.3) is 0 Å². The van der Waals surface area contributed by atoms with Crippen molar-refractivity contribution in [2.75, 3.05) is 11.5 Å². The first kappa shape index (κ1) is 13.8. The van der Waals surface area contributed by atoms with Gasteiger partial charge >= 0.3 is 0 Å². The number of nitrogens with one attached hydrogen (secondary N) is 1. The van der Waals surface area contributed by atoms with E-state index < -0.39 is 9.84 Å². The van der Waals surface area contributed by atoms with Gasteiger partial charge in [-0.3, -0.25) is 0 Å². The quantitative estimate of drug-likeness (QED) is 0.928. The summed E-state index contributed by atoms with van der Waals surface area (Å²) in [5.41, 5.74) is 2.19. The number of aryl methyl sites for hydroxylation is 1. The summed E-state index contributed by atoms with van der Waals surface area (Å²) in [6.45, 7) is 2.66. The van der Waals surface area contributed by atoms with E-state index in [2.05, 4.69) is 5.32 Å². The van der Waals surface area contributed by atoms with E-state index in [1.165, 1.54) is 0 Å². The average Bonchev–Trinajstić information content (AvgIpc) is 2.29. The third kappa shape index (κ3) is 3.70. The summed E-state index contributed by atoms with van der Waals surface area (Å²) in [5.74, 6) is 0.602. The Labute approximate surface area is 113 Å². The van der Waals surface area contributed by atoms with Gasteiger partial charge in [-0.25, -0.2) is 8.42 Å². The number of rotatable bonds is 3. The van der Waals surface area contributed by atoms with E-state index in [-0.39, 0.29) is 11.8 Å². The van der Waals surface area contributed by atoms with Gasteiger partial charge in [0, 0.05) is 17.6 Å². The zero-order valence-corrected chi connectivity index (χ0v) is 12.0. The minimum atomic E-state index is -2.83. The van der Waals surface area contributed by atoms with Crippen LogP contribution in [-0.2, 0) is 16.4 Å². The lowest BCUT2D eigenvalue weighted by Gasteiger charge is -2.23. The molecule has 0 bridgehead atoms. The van der Waals surface area contributed by atoms with E-state index in [1.54, 1.807) is 0 Å². The van der Waals surface area contributed by atoms with Crippen molar-refractivity contribution < 1.29 is 8.42 Å². The molecule has 1 aromatic rings.